The number of thioether (sulfide) groups is 1. The Bertz CT molecular complexity index is 886. The Balaban J connectivity index is 1.59. The predicted molar refractivity (Wildman–Crippen MR) is 101 cm³/mol. The van der Waals surface area contributed by atoms with Gasteiger partial charge < -0.3 is 25.2 Å². The van der Waals surface area contributed by atoms with Crippen LogP contribution in [0.5, 0.6) is 11.5 Å². The molecule has 3 N–H and O–H groups in total. The molecule has 1 aliphatic heterocycles. The van der Waals surface area contributed by atoms with Crippen molar-refractivity contribution in [1.29, 1.82) is 0 Å². The van der Waals surface area contributed by atoms with E-state index in [0.717, 1.165) is 11.8 Å². The standard InChI is InChI=1S/C18H16N2O6S/c21-16(8-27-9-17(22)23)19-12-2-1-3-13(7-12)20-18(24)11-4-5-14-15(6-11)26-10-25-14/h1-7H,8-10H2,(H,19,21)(H,20,24)(H,22,23). The first kappa shape index (κ1) is 18.6. The SMILES string of the molecule is O=C(O)CSCC(=O)Nc1cccc(NC(=O)c2ccc3c(c2)OCO3)c1. The summed E-state index contributed by atoms with van der Waals surface area (Å²) in [5.74, 6) is -0.617. The highest BCUT2D eigenvalue weighted by atomic mass is 32.2. The van der Waals surface area contributed by atoms with Crippen molar-refractivity contribution in [2.45, 2.75) is 0 Å². The van der Waals surface area contributed by atoms with Crippen molar-refractivity contribution in [3.63, 3.8) is 0 Å². The summed E-state index contributed by atoms with van der Waals surface area (Å²) in [6.07, 6.45) is 0. The molecule has 0 bridgehead atoms. The third-order valence-corrected chi connectivity index (χ3v) is 4.42. The molecule has 0 radical (unpaired) electrons. The van der Waals surface area contributed by atoms with Crippen LogP contribution in [0.2, 0.25) is 0 Å². The van der Waals surface area contributed by atoms with E-state index in [0.29, 0.717) is 28.4 Å². The van der Waals surface area contributed by atoms with Crippen molar-refractivity contribution in [3.8, 4) is 11.5 Å². The Kier molecular flexibility index (Phi) is 5.82. The molecule has 2 aromatic rings. The van der Waals surface area contributed by atoms with Gasteiger partial charge in [-0.2, -0.15) is 0 Å². The zero-order chi connectivity index (χ0) is 19.2. The zero-order valence-corrected chi connectivity index (χ0v) is 14.9. The predicted octanol–water partition coefficient (Wildman–Crippen LogP) is 2.42. The Morgan fingerprint density at radius 2 is 1.70 bits per heavy atom. The lowest BCUT2D eigenvalue weighted by molar-refractivity contribution is -0.133. The average molecular weight is 388 g/mol. The van der Waals surface area contributed by atoms with Gasteiger partial charge in [0.15, 0.2) is 11.5 Å². The van der Waals surface area contributed by atoms with Crippen LogP contribution in [-0.2, 0) is 9.59 Å². The maximum absolute atomic E-state index is 12.4. The van der Waals surface area contributed by atoms with Gasteiger partial charge in [0.05, 0.1) is 11.5 Å². The lowest BCUT2D eigenvalue weighted by Gasteiger charge is -2.09. The summed E-state index contributed by atoms with van der Waals surface area (Å²) < 4.78 is 10.5. The van der Waals surface area contributed by atoms with Gasteiger partial charge in [0.25, 0.3) is 5.91 Å². The Labute approximate surface area is 158 Å². The number of carbonyl (C=O) groups excluding carboxylic acids is 2. The van der Waals surface area contributed by atoms with E-state index in [2.05, 4.69) is 10.6 Å². The van der Waals surface area contributed by atoms with E-state index in [1.165, 1.54) is 0 Å². The third kappa shape index (κ3) is 5.14. The molecular formula is C18H16N2O6S. The van der Waals surface area contributed by atoms with E-state index in [9.17, 15) is 14.4 Å². The van der Waals surface area contributed by atoms with Crippen LogP contribution in [0.1, 0.15) is 10.4 Å². The summed E-state index contributed by atoms with van der Waals surface area (Å²) in [6.45, 7) is 0.132. The molecule has 1 heterocycles. The minimum absolute atomic E-state index is 0.0279. The number of ether oxygens (including phenoxy) is 2. The molecule has 3 rings (SSSR count). The molecule has 140 valence electrons. The van der Waals surface area contributed by atoms with Gasteiger partial charge in [-0.15, -0.1) is 11.8 Å². The van der Waals surface area contributed by atoms with Crippen LogP contribution in [0, 0.1) is 0 Å². The molecule has 2 aromatic carbocycles. The van der Waals surface area contributed by atoms with Crippen LogP contribution < -0.4 is 20.1 Å². The normalized spacial score (nSPS) is 11.7. The number of benzene rings is 2. The number of rotatable bonds is 7. The summed E-state index contributed by atoms with van der Waals surface area (Å²) in [5.41, 5.74) is 1.42. The van der Waals surface area contributed by atoms with Gasteiger partial charge in [0.2, 0.25) is 12.7 Å². The molecule has 0 spiro atoms. The fourth-order valence-corrected chi connectivity index (χ4v) is 2.88. The number of carboxylic acid groups (broad SMARTS) is 1. The number of hydrogen-bond donors (Lipinski definition) is 3. The van der Waals surface area contributed by atoms with Gasteiger partial charge in [-0.3, -0.25) is 14.4 Å². The number of nitrogens with one attached hydrogen (secondary N) is 2. The fourth-order valence-electron chi connectivity index (χ4n) is 2.34. The molecule has 9 heteroatoms. The first-order valence-corrected chi connectivity index (χ1v) is 9.07. The largest absolute Gasteiger partial charge is 0.481 e. The quantitative estimate of drug-likeness (QED) is 0.667. The summed E-state index contributed by atoms with van der Waals surface area (Å²) in [7, 11) is 0. The Morgan fingerprint density at radius 1 is 0.963 bits per heavy atom. The minimum atomic E-state index is -0.971. The highest BCUT2D eigenvalue weighted by molar-refractivity contribution is 8.00. The van der Waals surface area contributed by atoms with Gasteiger partial charge in [0.1, 0.15) is 0 Å². The number of amides is 2. The minimum Gasteiger partial charge on any atom is -0.481 e. The van der Waals surface area contributed by atoms with E-state index in [1.54, 1.807) is 42.5 Å². The Hall–Kier alpha value is -3.20. The van der Waals surface area contributed by atoms with Crippen molar-refractivity contribution >= 4 is 40.9 Å². The smallest absolute Gasteiger partial charge is 0.313 e. The highest BCUT2D eigenvalue weighted by Gasteiger charge is 2.16. The van der Waals surface area contributed by atoms with E-state index in [4.69, 9.17) is 14.6 Å². The molecule has 0 unspecified atom stereocenters. The van der Waals surface area contributed by atoms with Crippen LogP contribution >= 0.6 is 11.8 Å². The first-order chi connectivity index (χ1) is 13.0. The second kappa shape index (κ2) is 8.45. The lowest BCUT2D eigenvalue weighted by Crippen LogP contribution is -2.16. The van der Waals surface area contributed by atoms with Crippen molar-refractivity contribution in [2.24, 2.45) is 0 Å². The van der Waals surface area contributed by atoms with Gasteiger partial charge in [-0.1, -0.05) is 6.07 Å². The van der Waals surface area contributed by atoms with Crippen molar-refractivity contribution < 1.29 is 29.0 Å². The fraction of sp³-hybridized carbons (Fsp3) is 0.167. The summed E-state index contributed by atoms with van der Waals surface area (Å²) >= 11 is 1.01. The van der Waals surface area contributed by atoms with Crippen molar-refractivity contribution in [2.75, 3.05) is 28.9 Å². The van der Waals surface area contributed by atoms with Gasteiger partial charge in [-0.25, -0.2) is 0 Å². The second-order valence-electron chi connectivity index (χ2n) is 5.54. The first-order valence-electron chi connectivity index (χ1n) is 7.92. The van der Waals surface area contributed by atoms with Crippen LogP contribution in [0.15, 0.2) is 42.5 Å². The molecule has 0 aromatic heterocycles. The molecule has 0 fully saturated rings. The third-order valence-electron chi connectivity index (χ3n) is 3.50. The van der Waals surface area contributed by atoms with Crippen LogP contribution in [-0.4, -0.2) is 41.2 Å². The van der Waals surface area contributed by atoms with Crippen molar-refractivity contribution in [3.05, 3.63) is 48.0 Å². The van der Waals surface area contributed by atoms with E-state index >= 15 is 0 Å². The molecule has 0 atom stereocenters. The van der Waals surface area contributed by atoms with Crippen LogP contribution in [0.25, 0.3) is 0 Å². The number of fused-ring (bicyclic) bond motifs is 1. The molecule has 0 saturated heterocycles. The number of aliphatic carboxylic acids is 1. The molecule has 0 aliphatic carbocycles. The Morgan fingerprint density at radius 3 is 2.48 bits per heavy atom. The van der Waals surface area contributed by atoms with Crippen LogP contribution in [0.4, 0.5) is 11.4 Å². The lowest BCUT2D eigenvalue weighted by atomic mass is 10.2. The number of carboxylic acids is 1. The molecular weight excluding hydrogens is 372 g/mol. The molecule has 0 saturated carbocycles. The van der Waals surface area contributed by atoms with Crippen molar-refractivity contribution in [1.82, 2.24) is 0 Å². The van der Waals surface area contributed by atoms with Gasteiger partial charge in [-0.05, 0) is 36.4 Å². The van der Waals surface area contributed by atoms with Crippen LogP contribution in [0.3, 0.4) is 0 Å². The average Bonchev–Trinajstić information content (AvgIpc) is 3.09. The number of carbonyl (C=O) groups is 3. The maximum Gasteiger partial charge on any atom is 0.313 e. The molecule has 27 heavy (non-hydrogen) atoms. The highest BCUT2D eigenvalue weighted by Crippen LogP contribution is 2.32. The summed E-state index contributed by atoms with van der Waals surface area (Å²) in [4.78, 5) is 34.7. The maximum atomic E-state index is 12.4. The van der Waals surface area contributed by atoms with E-state index < -0.39 is 5.97 Å². The number of anilines is 2. The molecule has 8 nitrogen and oxygen atoms in total. The second-order valence-corrected chi connectivity index (χ2v) is 6.52. The monoisotopic (exact) mass is 388 g/mol. The van der Waals surface area contributed by atoms with E-state index in [-0.39, 0.29) is 30.1 Å². The summed E-state index contributed by atoms with van der Waals surface area (Å²) in [5, 5.41) is 14.0. The van der Waals surface area contributed by atoms with E-state index in [1.807, 2.05) is 0 Å². The van der Waals surface area contributed by atoms with Gasteiger partial charge in [0, 0.05) is 16.9 Å². The molecule has 2 amide bonds. The zero-order valence-electron chi connectivity index (χ0n) is 14.1. The van der Waals surface area contributed by atoms with Gasteiger partial charge >= 0.3 is 5.97 Å². The number of hydrogen-bond acceptors (Lipinski definition) is 6. The molecule has 1 aliphatic rings. The topological polar surface area (TPSA) is 114 Å². The summed E-state index contributed by atoms with van der Waals surface area (Å²) in [6, 6.07) is 11.6.